The maximum Gasteiger partial charge on any atom is 0.224 e. The molecular formula is C13H16ClN3O. The second-order valence-corrected chi connectivity index (χ2v) is 4.55. The van der Waals surface area contributed by atoms with Crippen LogP contribution in [0.5, 0.6) is 0 Å². The van der Waals surface area contributed by atoms with Gasteiger partial charge in [0.15, 0.2) is 0 Å². The Labute approximate surface area is 111 Å². The third-order valence-corrected chi connectivity index (χ3v) is 3.12. The molecule has 0 bridgehead atoms. The predicted octanol–water partition coefficient (Wildman–Crippen LogP) is 1.83. The number of carbonyl (C=O) groups is 1. The molecule has 0 saturated heterocycles. The molecule has 0 aliphatic carbocycles. The van der Waals surface area contributed by atoms with Gasteiger partial charge in [-0.05, 0) is 24.6 Å². The monoisotopic (exact) mass is 265 g/mol. The fourth-order valence-electron chi connectivity index (χ4n) is 1.89. The van der Waals surface area contributed by atoms with Crippen LogP contribution in [0.4, 0.5) is 0 Å². The van der Waals surface area contributed by atoms with Gasteiger partial charge in [-0.15, -0.1) is 0 Å². The van der Waals surface area contributed by atoms with Crippen LogP contribution in [-0.4, -0.2) is 24.0 Å². The number of hydrogen-bond acceptors (Lipinski definition) is 2. The molecule has 0 unspecified atom stereocenters. The Kier molecular flexibility index (Phi) is 4.23. The first-order chi connectivity index (χ1) is 8.72. The Bertz CT molecular complexity index is 550. The minimum Gasteiger partial charge on any atom is -0.360 e. The molecule has 2 rings (SSSR count). The van der Waals surface area contributed by atoms with Crippen molar-refractivity contribution in [2.45, 2.75) is 12.8 Å². The Morgan fingerprint density at radius 3 is 3.06 bits per heavy atom. The predicted molar refractivity (Wildman–Crippen MR) is 73.7 cm³/mol. The number of nitrogens with one attached hydrogen (secondary N) is 2. The second kappa shape index (κ2) is 5.89. The van der Waals surface area contributed by atoms with E-state index < -0.39 is 0 Å². The quantitative estimate of drug-likeness (QED) is 0.722. The van der Waals surface area contributed by atoms with Gasteiger partial charge in [0.2, 0.25) is 5.91 Å². The fourth-order valence-corrected chi connectivity index (χ4v) is 2.12. The van der Waals surface area contributed by atoms with Gasteiger partial charge >= 0.3 is 0 Å². The highest BCUT2D eigenvalue weighted by molar-refractivity contribution is 6.35. The van der Waals surface area contributed by atoms with Gasteiger partial charge < -0.3 is 16.0 Å². The van der Waals surface area contributed by atoms with Crippen molar-refractivity contribution in [3.63, 3.8) is 0 Å². The summed E-state index contributed by atoms with van der Waals surface area (Å²) in [6.07, 6.45) is 2.98. The number of hydrogen-bond donors (Lipinski definition) is 3. The zero-order chi connectivity index (χ0) is 13.0. The number of amides is 1. The molecule has 1 heterocycles. The summed E-state index contributed by atoms with van der Waals surface area (Å²) in [4.78, 5) is 14.8. The molecule has 1 aromatic carbocycles. The highest BCUT2D eigenvalue weighted by atomic mass is 35.5. The van der Waals surface area contributed by atoms with Crippen LogP contribution in [-0.2, 0) is 11.2 Å². The van der Waals surface area contributed by atoms with Crippen molar-refractivity contribution in [3.05, 3.63) is 35.0 Å². The molecule has 0 fully saturated rings. The molecule has 0 spiro atoms. The molecule has 96 valence electrons. The molecule has 0 atom stereocenters. The zero-order valence-electron chi connectivity index (χ0n) is 10.0. The van der Waals surface area contributed by atoms with Crippen LogP contribution in [0, 0.1) is 0 Å². The minimum atomic E-state index is 0.00401. The molecule has 1 amide bonds. The Balaban J connectivity index is 2.08. The van der Waals surface area contributed by atoms with Crippen molar-refractivity contribution in [2.24, 2.45) is 5.73 Å². The highest BCUT2D eigenvalue weighted by Gasteiger charge is 2.09. The van der Waals surface area contributed by atoms with E-state index in [0.29, 0.717) is 24.5 Å². The molecule has 0 aliphatic rings. The van der Waals surface area contributed by atoms with E-state index >= 15 is 0 Å². The van der Waals surface area contributed by atoms with Crippen LogP contribution < -0.4 is 11.1 Å². The summed E-state index contributed by atoms with van der Waals surface area (Å²) in [5, 5.41) is 4.50. The number of carbonyl (C=O) groups excluding carboxylic acids is 1. The van der Waals surface area contributed by atoms with E-state index in [2.05, 4.69) is 10.3 Å². The maximum atomic E-state index is 11.7. The average Bonchev–Trinajstić information content (AvgIpc) is 2.74. The van der Waals surface area contributed by atoms with E-state index in [0.717, 1.165) is 22.9 Å². The lowest BCUT2D eigenvalue weighted by atomic mass is 10.1. The molecule has 2 aromatic rings. The number of aromatic nitrogens is 1. The summed E-state index contributed by atoms with van der Waals surface area (Å²) in [7, 11) is 0. The van der Waals surface area contributed by atoms with Crippen molar-refractivity contribution in [3.8, 4) is 0 Å². The standard InChI is InChI=1S/C13H16ClN3O/c14-11-4-1-3-10-9(8-17-13(10)11)7-12(18)16-6-2-5-15/h1,3-4,8,17H,2,5-7,15H2,(H,16,18). The maximum absolute atomic E-state index is 11.7. The van der Waals surface area contributed by atoms with Crippen LogP contribution >= 0.6 is 11.6 Å². The van der Waals surface area contributed by atoms with Crippen LogP contribution in [0.3, 0.4) is 0 Å². The molecule has 0 saturated carbocycles. The minimum absolute atomic E-state index is 0.00401. The molecule has 1 aromatic heterocycles. The van der Waals surface area contributed by atoms with Crippen LogP contribution in [0.25, 0.3) is 10.9 Å². The topological polar surface area (TPSA) is 70.9 Å². The number of fused-ring (bicyclic) bond motifs is 1. The normalized spacial score (nSPS) is 10.8. The van der Waals surface area contributed by atoms with E-state index in [-0.39, 0.29) is 5.91 Å². The first-order valence-electron chi connectivity index (χ1n) is 5.93. The molecule has 0 radical (unpaired) electrons. The molecule has 5 heteroatoms. The number of aromatic amines is 1. The fraction of sp³-hybridized carbons (Fsp3) is 0.308. The molecule has 4 nitrogen and oxygen atoms in total. The van der Waals surface area contributed by atoms with E-state index in [1.807, 2.05) is 24.4 Å². The van der Waals surface area contributed by atoms with Crippen LogP contribution in [0.2, 0.25) is 5.02 Å². The number of benzene rings is 1. The number of halogens is 1. The smallest absolute Gasteiger partial charge is 0.224 e. The van der Waals surface area contributed by atoms with Crippen LogP contribution in [0.15, 0.2) is 24.4 Å². The lowest BCUT2D eigenvalue weighted by Crippen LogP contribution is -2.27. The summed E-state index contributed by atoms with van der Waals surface area (Å²) >= 11 is 6.06. The van der Waals surface area contributed by atoms with Gasteiger partial charge in [0.1, 0.15) is 0 Å². The third-order valence-electron chi connectivity index (χ3n) is 2.80. The Hall–Kier alpha value is -1.52. The van der Waals surface area contributed by atoms with Gasteiger partial charge in [0.25, 0.3) is 0 Å². The first-order valence-corrected chi connectivity index (χ1v) is 6.31. The van der Waals surface area contributed by atoms with Crippen molar-refractivity contribution < 1.29 is 4.79 Å². The molecule has 4 N–H and O–H groups in total. The van der Waals surface area contributed by atoms with E-state index in [1.54, 1.807) is 0 Å². The van der Waals surface area contributed by atoms with E-state index in [1.165, 1.54) is 0 Å². The number of nitrogens with two attached hydrogens (primary N) is 1. The number of H-pyrrole nitrogens is 1. The van der Waals surface area contributed by atoms with Gasteiger partial charge in [-0.3, -0.25) is 4.79 Å². The van der Waals surface area contributed by atoms with Gasteiger partial charge in [0.05, 0.1) is 17.0 Å². The Morgan fingerprint density at radius 2 is 2.28 bits per heavy atom. The number of rotatable bonds is 5. The van der Waals surface area contributed by atoms with Gasteiger partial charge in [-0.25, -0.2) is 0 Å². The lowest BCUT2D eigenvalue weighted by Gasteiger charge is -2.03. The van der Waals surface area contributed by atoms with Gasteiger partial charge in [0, 0.05) is 18.1 Å². The first kappa shape index (κ1) is 12.9. The summed E-state index contributed by atoms with van der Waals surface area (Å²) in [5.41, 5.74) is 7.21. The third kappa shape index (κ3) is 2.83. The second-order valence-electron chi connectivity index (χ2n) is 4.15. The summed E-state index contributed by atoms with van der Waals surface area (Å²) < 4.78 is 0. The van der Waals surface area contributed by atoms with Crippen LogP contribution in [0.1, 0.15) is 12.0 Å². The van der Waals surface area contributed by atoms with Crippen molar-refractivity contribution >= 4 is 28.4 Å². The van der Waals surface area contributed by atoms with Crippen molar-refractivity contribution in [1.29, 1.82) is 0 Å². The summed E-state index contributed by atoms with van der Waals surface area (Å²) in [6.45, 7) is 1.21. The molecular weight excluding hydrogens is 250 g/mol. The molecule has 18 heavy (non-hydrogen) atoms. The number of para-hydroxylation sites is 1. The lowest BCUT2D eigenvalue weighted by molar-refractivity contribution is -0.120. The summed E-state index contributed by atoms with van der Waals surface area (Å²) in [6, 6.07) is 5.67. The van der Waals surface area contributed by atoms with Gasteiger partial charge in [-0.2, -0.15) is 0 Å². The van der Waals surface area contributed by atoms with Crippen molar-refractivity contribution in [2.75, 3.05) is 13.1 Å². The zero-order valence-corrected chi connectivity index (χ0v) is 10.8. The highest BCUT2D eigenvalue weighted by Crippen LogP contribution is 2.25. The van der Waals surface area contributed by atoms with Gasteiger partial charge in [-0.1, -0.05) is 23.7 Å². The largest absolute Gasteiger partial charge is 0.360 e. The SMILES string of the molecule is NCCCNC(=O)Cc1c[nH]c2c(Cl)cccc12. The van der Waals surface area contributed by atoms with E-state index in [4.69, 9.17) is 17.3 Å². The molecule has 0 aliphatic heterocycles. The van der Waals surface area contributed by atoms with E-state index in [9.17, 15) is 4.79 Å². The van der Waals surface area contributed by atoms with Crippen molar-refractivity contribution in [1.82, 2.24) is 10.3 Å². The average molecular weight is 266 g/mol. The Morgan fingerprint density at radius 1 is 1.44 bits per heavy atom. The summed E-state index contributed by atoms with van der Waals surface area (Å²) in [5.74, 6) is 0.00401.